The molecule has 0 atom stereocenters. The van der Waals surface area contributed by atoms with Gasteiger partial charge in [0.1, 0.15) is 11.6 Å². The van der Waals surface area contributed by atoms with Crippen LogP contribution in [0.5, 0.6) is 0 Å². The maximum atomic E-state index is 15.0. The van der Waals surface area contributed by atoms with E-state index in [4.69, 9.17) is 5.11 Å². The van der Waals surface area contributed by atoms with Crippen molar-refractivity contribution in [3.8, 4) is 16.8 Å². The van der Waals surface area contributed by atoms with Crippen LogP contribution in [-0.4, -0.2) is 21.9 Å². The zero-order valence-corrected chi connectivity index (χ0v) is 16.0. The molecule has 0 radical (unpaired) electrons. The number of fused-ring (bicyclic) bond motifs is 2. The Morgan fingerprint density at radius 2 is 1.93 bits per heavy atom. The Morgan fingerprint density at radius 3 is 2.67 bits per heavy atom. The fourth-order valence-electron chi connectivity index (χ4n) is 4.16. The lowest BCUT2D eigenvalue weighted by Crippen LogP contribution is -1.99. The van der Waals surface area contributed by atoms with Crippen molar-refractivity contribution in [1.82, 2.24) is 4.57 Å². The lowest BCUT2D eigenvalue weighted by Gasteiger charge is -2.10. The van der Waals surface area contributed by atoms with Gasteiger partial charge in [0.2, 0.25) is 0 Å². The Hall–Kier alpha value is -3.80. The summed E-state index contributed by atoms with van der Waals surface area (Å²) in [4.78, 5) is 15.5. The molecule has 0 saturated heterocycles. The van der Waals surface area contributed by atoms with Crippen LogP contribution in [0.15, 0.2) is 59.6 Å². The van der Waals surface area contributed by atoms with Gasteiger partial charge in [0.05, 0.1) is 17.6 Å². The van der Waals surface area contributed by atoms with Gasteiger partial charge in [-0.3, -0.25) is 4.99 Å². The maximum Gasteiger partial charge on any atom is 0.335 e. The largest absolute Gasteiger partial charge is 0.478 e. The summed E-state index contributed by atoms with van der Waals surface area (Å²) in [7, 11) is 0. The molecular formula is C24H16F2N2O2. The number of halogens is 2. The molecule has 30 heavy (non-hydrogen) atoms. The lowest BCUT2D eigenvalue weighted by atomic mass is 9.98. The summed E-state index contributed by atoms with van der Waals surface area (Å²) in [5, 5.41) is 9.97. The molecule has 1 N–H and O–H groups in total. The number of aromatic carboxylic acids is 1. The molecule has 1 aliphatic heterocycles. The number of aliphatic imine (C=N–C) groups is 1. The molecular weight excluding hydrogens is 386 g/mol. The Balaban J connectivity index is 1.85. The van der Waals surface area contributed by atoms with Gasteiger partial charge in [-0.1, -0.05) is 12.1 Å². The van der Waals surface area contributed by atoms with E-state index in [-0.39, 0.29) is 11.4 Å². The summed E-state index contributed by atoms with van der Waals surface area (Å²) in [5.74, 6) is -2.17. The third-order valence-electron chi connectivity index (χ3n) is 5.51. The molecule has 0 spiro atoms. The van der Waals surface area contributed by atoms with E-state index in [1.54, 1.807) is 18.3 Å². The van der Waals surface area contributed by atoms with Crippen LogP contribution in [0.1, 0.15) is 27.2 Å². The van der Waals surface area contributed by atoms with Crippen LogP contribution in [-0.2, 0) is 6.54 Å². The molecule has 148 valence electrons. The average Bonchev–Trinajstić information content (AvgIpc) is 3.27. The van der Waals surface area contributed by atoms with Gasteiger partial charge in [0.25, 0.3) is 0 Å². The summed E-state index contributed by atoms with van der Waals surface area (Å²) in [6.07, 6.45) is 1.80. The topological polar surface area (TPSA) is 54.6 Å². The Morgan fingerprint density at radius 1 is 1.10 bits per heavy atom. The molecule has 0 aliphatic carbocycles. The van der Waals surface area contributed by atoms with Crippen molar-refractivity contribution in [2.75, 3.05) is 0 Å². The van der Waals surface area contributed by atoms with E-state index in [9.17, 15) is 13.6 Å². The smallest absolute Gasteiger partial charge is 0.335 e. The summed E-state index contributed by atoms with van der Waals surface area (Å²) in [6.45, 7) is 2.40. The number of hydrogen-bond donors (Lipinski definition) is 1. The highest BCUT2D eigenvalue weighted by molar-refractivity contribution is 6.03. The second-order valence-corrected chi connectivity index (χ2v) is 7.31. The lowest BCUT2D eigenvalue weighted by molar-refractivity contribution is 0.0696. The molecule has 0 unspecified atom stereocenters. The van der Waals surface area contributed by atoms with E-state index in [0.29, 0.717) is 23.4 Å². The average molecular weight is 402 g/mol. The number of aromatic nitrogens is 1. The molecule has 0 fully saturated rings. The van der Waals surface area contributed by atoms with Gasteiger partial charge in [-0.25, -0.2) is 13.6 Å². The Labute approximate surface area is 170 Å². The van der Waals surface area contributed by atoms with Gasteiger partial charge in [-0.05, 0) is 60.5 Å². The first kappa shape index (κ1) is 18.2. The normalized spacial score (nSPS) is 12.5. The highest BCUT2D eigenvalue weighted by atomic mass is 19.1. The predicted octanol–water partition coefficient (Wildman–Crippen LogP) is 5.51. The molecule has 1 aromatic heterocycles. The van der Waals surface area contributed by atoms with Crippen LogP contribution in [0.3, 0.4) is 0 Å². The Kier molecular flexibility index (Phi) is 4.03. The maximum absolute atomic E-state index is 15.0. The highest BCUT2D eigenvalue weighted by Gasteiger charge is 2.22. The number of carboxylic acid groups (broad SMARTS) is 1. The first-order valence-corrected chi connectivity index (χ1v) is 9.41. The molecule has 1 aliphatic rings. The van der Waals surface area contributed by atoms with E-state index in [0.717, 1.165) is 33.8 Å². The molecule has 4 aromatic rings. The second kappa shape index (κ2) is 6.62. The molecule has 0 saturated carbocycles. The molecule has 0 amide bonds. The monoisotopic (exact) mass is 402 g/mol. The molecule has 5 rings (SSSR count). The van der Waals surface area contributed by atoms with E-state index < -0.39 is 11.8 Å². The van der Waals surface area contributed by atoms with Crippen molar-refractivity contribution in [2.24, 2.45) is 4.99 Å². The van der Waals surface area contributed by atoms with E-state index in [1.807, 2.05) is 23.6 Å². The van der Waals surface area contributed by atoms with Gasteiger partial charge in [0.15, 0.2) is 0 Å². The number of nitrogens with zero attached hydrogens (tertiary/aromatic N) is 2. The van der Waals surface area contributed by atoms with Crippen molar-refractivity contribution < 1.29 is 18.7 Å². The predicted molar refractivity (Wildman–Crippen MR) is 112 cm³/mol. The quantitative estimate of drug-likeness (QED) is 0.491. The molecule has 2 heterocycles. The number of carbonyl (C=O) groups is 1. The Bertz CT molecular complexity index is 1390. The minimum absolute atomic E-state index is 0.114. The van der Waals surface area contributed by atoms with E-state index >= 15 is 0 Å². The highest BCUT2D eigenvalue weighted by Crippen LogP contribution is 2.39. The van der Waals surface area contributed by atoms with Crippen LogP contribution in [0.4, 0.5) is 8.78 Å². The second-order valence-electron chi connectivity index (χ2n) is 7.31. The fourth-order valence-corrected chi connectivity index (χ4v) is 4.16. The molecule has 6 heteroatoms. The van der Waals surface area contributed by atoms with Gasteiger partial charge in [-0.2, -0.15) is 0 Å². The standard InChI is InChI=1S/C24H16F2N2O2/c1-13-23(19-6-5-14(24(29)30)8-21(19)26)20-7-15-11-27-12-16(15)9-22(20)28(13)18-4-2-3-17(25)10-18/h2-10,12H,11H2,1H3,(H,29,30). The van der Waals surface area contributed by atoms with Crippen molar-refractivity contribution in [3.05, 3.63) is 88.6 Å². The first-order chi connectivity index (χ1) is 14.4. The van der Waals surface area contributed by atoms with Crippen LogP contribution in [0.2, 0.25) is 0 Å². The number of hydrogen-bond acceptors (Lipinski definition) is 2. The minimum Gasteiger partial charge on any atom is -0.478 e. The van der Waals surface area contributed by atoms with Crippen molar-refractivity contribution >= 4 is 23.1 Å². The summed E-state index contributed by atoms with van der Waals surface area (Å²) in [6, 6.07) is 14.1. The van der Waals surface area contributed by atoms with Gasteiger partial charge in [-0.15, -0.1) is 0 Å². The summed E-state index contributed by atoms with van der Waals surface area (Å²) >= 11 is 0. The zero-order valence-electron chi connectivity index (χ0n) is 16.0. The van der Waals surface area contributed by atoms with Crippen molar-refractivity contribution in [3.63, 3.8) is 0 Å². The molecule has 4 nitrogen and oxygen atoms in total. The molecule has 0 bridgehead atoms. The third-order valence-corrected chi connectivity index (χ3v) is 5.51. The fraction of sp³-hybridized carbons (Fsp3) is 0.0833. The van der Waals surface area contributed by atoms with Crippen LogP contribution < -0.4 is 0 Å². The zero-order chi connectivity index (χ0) is 21.0. The number of benzene rings is 3. The molecule has 3 aromatic carbocycles. The third kappa shape index (κ3) is 2.72. The van der Waals surface area contributed by atoms with Gasteiger partial charge < -0.3 is 9.67 Å². The summed E-state index contributed by atoms with van der Waals surface area (Å²) < 4.78 is 30.9. The van der Waals surface area contributed by atoms with Crippen LogP contribution in [0, 0.1) is 18.6 Å². The number of rotatable bonds is 3. The van der Waals surface area contributed by atoms with Crippen molar-refractivity contribution in [1.29, 1.82) is 0 Å². The van der Waals surface area contributed by atoms with Crippen LogP contribution >= 0.6 is 0 Å². The summed E-state index contributed by atoms with van der Waals surface area (Å²) in [5.41, 5.74) is 5.02. The first-order valence-electron chi connectivity index (χ1n) is 9.41. The van der Waals surface area contributed by atoms with Gasteiger partial charge >= 0.3 is 5.97 Å². The van der Waals surface area contributed by atoms with Crippen molar-refractivity contribution in [2.45, 2.75) is 13.5 Å². The SMILES string of the molecule is Cc1c(-c2ccc(C(=O)O)cc2F)c2cc3c(cc2n1-c1cccc(F)c1)C=NC3. The van der Waals surface area contributed by atoms with Crippen LogP contribution in [0.25, 0.3) is 27.7 Å². The number of carboxylic acids is 1. The minimum atomic E-state index is -1.19. The van der Waals surface area contributed by atoms with E-state index in [1.165, 1.54) is 24.3 Å². The van der Waals surface area contributed by atoms with Gasteiger partial charge in [0, 0.05) is 34.1 Å². The van der Waals surface area contributed by atoms with E-state index in [2.05, 4.69) is 4.99 Å².